The Morgan fingerprint density at radius 2 is 2.16 bits per heavy atom. The van der Waals surface area contributed by atoms with Gasteiger partial charge in [0.25, 0.3) is 0 Å². The molecule has 0 aliphatic rings. The summed E-state index contributed by atoms with van der Waals surface area (Å²) in [7, 11) is 0. The number of fused-ring (bicyclic) bond motifs is 1. The van der Waals surface area contributed by atoms with Crippen molar-refractivity contribution in [1.29, 1.82) is 0 Å². The third-order valence-corrected chi connectivity index (χ3v) is 4.32. The van der Waals surface area contributed by atoms with Crippen molar-refractivity contribution in [1.82, 2.24) is 4.57 Å². The molecule has 0 bridgehead atoms. The third-order valence-electron chi connectivity index (χ3n) is 3.34. The summed E-state index contributed by atoms with van der Waals surface area (Å²) in [6, 6.07) is 9.02. The van der Waals surface area contributed by atoms with E-state index in [1.807, 2.05) is 11.8 Å². The van der Waals surface area contributed by atoms with E-state index < -0.39 is 0 Å². The fourth-order valence-electron chi connectivity index (χ4n) is 2.49. The molecule has 2 nitrogen and oxygen atoms in total. The zero-order chi connectivity index (χ0) is 13.7. The first-order valence-electron chi connectivity index (χ1n) is 7.12. The lowest BCUT2D eigenvalue weighted by Crippen LogP contribution is -2.17. The van der Waals surface area contributed by atoms with Gasteiger partial charge in [0.1, 0.15) is 0 Å². The molecule has 104 valence electrons. The third kappa shape index (κ3) is 3.77. The van der Waals surface area contributed by atoms with Gasteiger partial charge in [-0.25, -0.2) is 0 Å². The van der Waals surface area contributed by atoms with Gasteiger partial charge in [0.05, 0.1) is 0 Å². The van der Waals surface area contributed by atoms with Gasteiger partial charge in [0, 0.05) is 29.7 Å². The quantitative estimate of drug-likeness (QED) is 0.782. The molecule has 0 aliphatic carbocycles. The number of benzene rings is 1. The first-order chi connectivity index (χ1) is 9.22. The Hall–Kier alpha value is -0.930. The molecule has 0 aliphatic heterocycles. The summed E-state index contributed by atoms with van der Waals surface area (Å²) in [5.74, 6) is 2.46. The first kappa shape index (κ1) is 14.5. The lowest BCUT2D eigenvalue weighted by Gasteiger charge is -2.09. The van der Waals surface area contributed by atoms with Gasteiger partial charge in [-0.2, -0.15) is 11.8 Å². The molecule has 0 spiro atoms. The van der Waals surface area contributed by atoms with Crippen molar-refractivity contribution < 1.29 is 0 Å². The fraction of sp³-hybridized carbons (Fsp3) is 0.500. The average molecular weight is 276 g/mol. The highest BCUT2D eigenvalue weighted by molar-refractivity contribution is 7.99. The smallest absolute Gasteiger partial charge is 0.0483 e. The van der Waals surface area contributed by atoms with Gasteiger partial charge >= 0.3 is 0 Å². The summed E-state index contributed by atoms with van der Waals surface area (Å²) in [4.78, 5) is 0. The Labute approximate surface area is 120 Å². The van der Waals surface area contributed by atoms with E-state index in [0.717, 1.165) is 13.0 Å². The van der Waals surface area contributed by atoms with Gasteiger partial charge in [-0.15, -0.1) is 0 Å². The molecule has 2 aromatic rings. The van der Waals surface area contributed by atoms with E-state index >= 15 is 0 Å². The molecule has 1 heterocycles. The van der Waals surface area contributed by atoms with Crippen LogP contribution in [0.4, 0.5) is 0 Å². The summed E-state index contributed by atoms with van der Waals surface area (Å²) in [5.41, 5.74) is 8.64. The Bertz CT molecular complexity index is 516. The number of aromatic nitrogens is 1. The van der Waals surface area contributed by atoms with E-state index in [4.69, 9.17) is 5.73 Å². The van der Waals surface area contributed by atoms with Crippen LogP contribution in [0.1, 0.15) is 25.8 Å². The van der Waals surface area contributed by atoms with Crippen LogP contribution in [0.5, 0.6) is 0 Å². The van der Waals surface area contributed by atoms with Crippen molar-refractivity contribution >= 4 is 22.7 Å². The summed E-state index contributed by atoms with van der Waals surface area (Å²) in [6.07, 6.45) is 4.40. The van der Waals surface area contributed by atoms with Gasteiger partial charge in [-0.3, -0.25) is 0 Å². The van der Waals surface area contributed by atoms with Gasteiger partial charge in [0.2, 0.25) is 0 Å². The van der Waals surface area contributed by atoms with Crippen LogP contribution in [0.2, 0.25) is 0 Å². The molecule has 1 unspecified atom stereocenters. The van der Waals surface area contributed by atoms with Crippen LogP contribution in [-0.2, 0) is 13.0 Å². The summed E-state index contributed by atoms with van der Waals surface area (Å²) < 4.78 is 2.37. The monoisotopic (exact) mass is 276 g/mol. The minimum Gasteiger partial charge on any atom is -0.347 e. The van der Waals surface area contributed by atoms with E-state index in [0.29, 0.717) is 0 Å². The SMILES string of the molecule is CCSCCCn1ccc2c(CC(C)N)cccc21. The number of thioether (sulfide) groups is 1. The summed E-state index contributed by atoms with van der Waals surface area (Å²) >= 11 is 2.02. The maximum Gasteiger partial charge on any atom is 0.0483 e. The van der Waals surface area contributed by atoms with Crippen LogP contribution in [0.3, 0.4) is 0 Å². The summed E-state index contributed by atoms with van der Waals surface area (Å²) in [5, 5.41) is 1.36. The highest BCUT2D eigenvalue weighted by Gasteiger charge is 2.06. The van der Waals surface area contributed by atoms with Gasteiger partial charge in [-0.05, 0) is 49.0 Å². The van der Waals surface area contributed by atoms with Crippen LogP contribution >= 0.6 is 11.8 Å². The molecule has 1 aromatic carbocycles. The molecular formula is C16H24N2S. The first-order valence-corrected chi connectivity index (χ1v) is 8.28. The van der Waals surface area contributed by atoms with Crippen molar-refractivity contribution in [2.45, 2.75) is 39.3 Å². The Morgan fingerprint density at radius 3 is 2.89 bits per heavy atom. The minimum absolute atomic E-state index is 0.218. The molecule has 0 radical (unpaired) electrons. The van der Waals surface area contributed by atoms with Crippen LogP contribution in [0.25, 0.3) is 10.9 Å². The standard InChI is InChI=1S/C16H24N2S/c1-3-19-11-5-9-18-10-8-15-14(12-13(2)17)6-4-7-16(15)18/h4,6-8,10,13H,3,5,9,11-12,17H2,1-2H3. The Balaban J connectivity index is 2.14. The van der Waals surface area contributed by atoms with Gasteiger partial charge < -0.3 is 10.3 Å². The second kappa shape index (κ2) is 7.01. The number of nitrogens with two attached hydrogens (primary N) is 1. The molecule has 0 fully saturated rings. The second-order valence-electron chi connectivity index (χ2n) is 5.09. The fourth-order valence-corrected chi connectivity index (χ4v) is 3.11. The van der Waals surface area contributed by atoms with E-state index in [9.17, 15) is 0 Å². The maximum absolute atomic E-state index is 5.93. The number of rotatable bonds is 7. The summed E-state index contributed by atoms with van der Waals surface area (Å²) in [6.45, 7) is 5.39. The molecule has 2 N–H and O–H groups in total. The normalized spacial score (nSPS) is 13.0. The van der Waals surface area contributed by atoms with Crippen molar-refractivity contribution in [2.24, 2.45) is 5.73 Å². The van der Waals surface area contributed by atoms with Crippen LogP contribution in [-0.4, -0.2) is 22.1 Å². The molecule has 19 heavy (non-hydrogen) atoms. The predicted octanol–water partition coefficient (Wildman–Crippen LogP) is 3.67. The number of hydrogen-bond donors (Lipinski definition) is 1. The lowest BCUT2D eigenvalue weighted by molar-refractivity contribution is 0.708. The molecule has 0 saturated carbocycles. The topological polar surface area (TPSA) is 30.9 Å². The predicted molar refractivity (Wildman–Crippen MR) is 86.9 cm³/mol. The number of nitrogens with zero attached hydrogens (tertiary/aromatic N) is 1. The van der Waals surface area contributed by atoms with Crippen LogP contribution < -0.4 is 5.73 Å². The van der Waals surface area contributed by atoms with Gasteiger partial charge in [-0.1, -0.05) is 19.1 Å². The van der Waals surface area contributed by atoms with Crippen molar-refractivity contribution in [3.63, 3.8) is 0 Å². The van der Waals surface area contributed by atoms with E-state index in [2.05, 4.69) is 48.9 Å². The van der Waals surface area contributed by atoms with Crippen molar-refractivity contribution in [3.8, 4) is 0 Å². The van der Waals surface area contributed by atoms with Crippen LogP contribution in [0.15, 0.2) is 30.5 Å². The molecule has 3 heteroatoms. The largest absolute Gasteiger partial charge is 0.347 e. The van der Waals surface area contributed by atoms with Crippen molar-refractivity contribution in [3.05, 3.63) is 36.0 Å². The Morgan fingerprint density at radius 1 is 1.32 bits per heavy atom. The number of hydrogen-bond acceptors (Lipinski definition) is 2. The zero-order valence-electron chi connectivity index (χ0n) is 11.9. The number of aryl methyl sites for hydroxylation is 1. The van der Waals surface area contributed by atoms with E-state index in [1.165, 1.54) is 34.4 Å². The molecule has 2 rings (SSSR count). The zero-order valence-corrected chi connectivity index (χ0v) is 12.7. The molecule has 1 atom stereocenters. The van der Waals surface area contributed by atoms with Crippen molar-refractivity contribution in [2.75, 3.05) is 11.5 Å². The minimum atomic E-state index is 0.218. The maximum atomic E-state index is 5.93. The molecule has 0 amide bonds. The second-order valence-corrected chi connectivity index (χ2v) is 6.48. The molecular weight excluding hydrogens is 252 g/mol. The van der Waals surface area contributed by atoms with Crippen LogP contribution in [0, 0.1) is 0 Å². The highest BCUT2D eigenvalue weighted by atomic mass is 32.2. The van der Waals surface area contributed by atoms with E-state index in [1.54, 1.807) is 0 Å². The Kier molecular flexibility index (Phi) is 5.34. The lowest BCUT2D eigenvalue weighted by atomic mass is 10.0. The highest BCUT2D eigenvalue weighted by Crippen LogP contribution is 2.22. The molecule has 1 aromatic heterocycles. The average Bonchev–Trinajstić information content (AvgIpc) is 2.79. The van der Waals surface area contributed by atoms with E-state index in [-0.39, 0.29) is 6.04 Å². The molecule has 0 saturated heterocycles. The van der Waals surface area contributed by atoms with Gasteiger partial charge in [0.15, 0.2) is 0 Å².